The standard InChI is InChI=1S/C14H18FNO2/c15-12-9-5-4-8-11(12)13(14(17)18)16-10-6-2-1-3-7-10/h4-5,8-10,13,16H,1-3,6-7H2,(H,17,18). The zero-order valence-corrected chi connectivity index (χ0v) is 10.2. The molecular formula is C14H18FNO2. The van der Waals surface area contributed by atoms with Gasteiger partial charge >= 0.3 is 5.97 Å². The highest BCUT2D eigenvalue weighted by atomic mass is 19.1. The highest BCUT2D eigenvalue weighted by Gasteiger charge is 2.26. The molecule has 1 unspecified atom stereocenters. The van der Waals surface area contributed by atoms with Crippen LogP contribution in [-0.2, 0) is 4.79 Å². The first-order valence-corrected chi connectivity index (χ1v) is 6.42. The van der Waals surface area contributed by atoms with Crippen LogP contribution in [0.5, 0.6) is 0 Å². The number of carboxylic acids is 1. The SMILES string of the molecule is O=C(O)C(NC1CCCCC1)c1ccccc1F. The molecule has 1 atom stereocenters. The molecule has 0 radical (unpaired) electrons. The minimum Gasteiger partial charge on any atom is -0.480 e. The lowest BCUT2D eigenvalue weighted by Crippen LogP contribution is -2.38. The van der Waals surface area contributed by atoms with E-state index in [1.165, 1.54) is 18.6 Å². The van der Waals surface area contributed by atoms with E-state index in [4.69, 9.17) is 0 Å². The second kappa shape index (κ2) is 5.96. The van der Waals surface area contributed by atoms with Crippen LogP contribution in [0.15, 0.2) is 24.3 Å². The van der Waals surface area contributed by atoms with E-state index in [1.54, 1.807) is 12.1 Å². The number of nitrogens with one attached hydrogen (secondary N) is 1. The Bertz CT molecular complexity index is 416. The minimum atomic E-state index is -1.02. The summed E-state index contributed by atoms with van der Waals surface area (Å²) < 4.78 is 13.7. The third-order valence-corrected chi connectivity index (χ3v) is 3.47. The van der Waals surface area contributed by atoms with Gasteiger partial charge in [0.15, 0.2) is 0 Å². The lowest BCUT2D eigenvalue weighted by molar-refractivity contribution is -0.140. The van der Waals surface area contributed by atoms with Gasteiger partial charge in [0, 0.05) is 11.6 Å². The monoisotopic (exact) mass is 251 g/mol. The largest absolute Gasteiger partial charge is 0.480 e. The average Bonchev–Trinajstić information content (AvgIpc) is 2.38. The highest BCUT2D eigenvalue weighted by Crippen LogP contribution is 2.23. The molecule has 1 aliphatic carbocycles. The molecule has 4 heteroatoms. The molecule has 0 aliphatic heterocycles. The molecule has 1 fully saturated rings. The Balaban J connectivity index is 2.13. The molecule has 18 heavy (non-hydrogen) atoms. The van der Waals surface area contributed by atoms with E-state index in [9.17, 15) is 14.3 Å². The van der Waals surface area contributed by atoms with Crippen LogP contribution in [0.2, 0.25) is 0 Å². The van der Waals surface area contributed by atoms with Gasteiger partial charge in [0.2, 0.25) is 0 Å². The summed E-state index contributed by atoms with van der Waals surface area (Å²) in [4.78, 5) is 11.3. The normalized spacial score (nSPS) is 18.5. The van der Waals surface area contributed by atoms with E-state index >= 15 is 0 Å². The first-order chi connectivity index (χ1) is 8.68. The van der Waals surface area contributed by atoms with Crippen LogP contribution in [0.25, 0.3) is 0 Å². The molecule has 98 valence electrons. The van der Waals surface area contributed by atoms with Crippen molar-refractivity contribution in [3.8, 4) is 0 Å². The Morgan fingerprint density at radius 1 is 1.28 bits per heavy atom. The Morgan fingerprint density at radius 2 is 1.94 bits per heavy atom. The fraction of sp³-hybridized carbons (Fsp3) is 0.500. The zero-order chi connectivity index (χ0) is 13.0. The zero-order valence-electron chi connectivity index (χ0n) is 10.2. The van der Waals surface area contributed by atoms with Crippen molar-refractivity contribution < 1.29 is 14.3 Å². The third kappa shape index (κ3) is 3.07. The molecule has 3 nitrogen and oxygen atoms in total. The number of carbonyl (C=O) groups is 1. The molecule has 0 aromatic heterocycles. The van der Waals surface area contributed by atoms with E-state index in [0.29, 0.717) is 0 Å². The molecule has 0 bridgehead atoms. The van der Waals surface area contributed by atoms with Crippen molar-refractivity contribution in [2.24, 2.45) is 0 Å². The van der Waals surface area contributed by atoms with Crippen LogP contribution in [0.4, 0.5) is 4.39 Å². The summed E-state index contributed by atoms with van der Waals surface area (Å²) >= 11 is 0. The number of aliphatic carboxylic acids is 1. The van der Waals surface area contributed by atoms with Crippen molar-refractivity contribution in [2.75, 3.05) is 0 Å². The summed E-state index contributed by atoms with van der Waals surface area (Å²) in [7, 11) is 0. The van der Waals surface area contributed by atoms with Gasteiger partial charge in [0.1, 0.15) is 11.9 Å². The van der Waals surface area contributed by atoms with Crippen LogP contribution in [0.3, 0.4) is 0 Å². The quantitative estimate of drug-likeness (QED) is 0.865. The van der Waals surface area contributed by atoms with Crippen molar-refractivity contribution in [2.45, 2.75) is 44.2 Å². The van der Waals surface area contributed by atoms with Crippen LogP contribution in [0, 0.1) is 5.82 Å². The molecule has 1 aromatic rings. The Kier molecular flexibility index (Phi) is 4.31. The van der Waals surface area contributed by atoms with Crippen LogP contribution < -0.4 is 5.32 Å². The van der Waals surface area contributed by atoms with Gasteiger partial charge in [-0.15, -0.1) is 0 Å². The Labute approximate surface area is 106 Å². The second-order valence-electron chi connectivity index (χ2n) is 4.79. The summed E-state index contributed by atoms with van der Waals surface area (Å²) in [6.07, 6.45) is 5.37. The molecule has 1 saturated carbocycles. The number of benzene rings is 1. The predicted molar refractivity (Wildman–Crippen MR) is 66.8 cm³/mol. The maximum atomic E-state index is 13.7. The van der Waals surface area contributed by atoms with Crippen LogP contribution in [0.1, 0.15) is 43.7 Å². The highest BCUT2D eigenvalue weighted by molar-refractivity contribution is 5.75. The van der Waals surface area contributed by atoms with E-state index in [0.717, 1.165) is 25.7 Å². The number of hydrogen-bond acceptors (Lipinski definition) is 2. The molecule has 1 aliphatic rings. The predicted octanol–water partition coefficient (Wildman–Crippen LogP) is 2.87. The third-order valence-electron chi connectivity index (χ3n) is 3.47. The smallest absolute Gasteiger partial charge is 0.325 e. The first-order valence-electron chi connectivity index (χ1n) is 6.42. The fourth-order valence-corrected chi connectivity index (χ4v) is 2.51. The summed E-state index contributed by atoms with van der Waals surface area (Å²) in [5.74, 6) is -1.49. The van der Waals surface area contributed by atoms with Gasteiger partial charge in [-0.3, -0.25) is 10.1 Å². The van der Waals surface area contributed by atoms with Crippen molar-refractivity contribution in [3.05, 3.63) is 35.6 Å². The van der Waals surface area contributed by atoms with E-state index in [2.05, 4.69) is 5.32 Å². The van der Waals surface area contributed by atoms with Gasteiger partial charge in [-0.25, -0.2) is 4.39 Å². The van der Waals surface area contributed by atoms with E-state index in [-0.39, 0.29) is 11.6 Å². The maximum Gasteiger partial charge on any atom is 0.325 e. The van der Waals surface area contributed by atoms with Gasteiger partial charge in [-0.1, -0.05) is 37.5 Å². The fourth-order valence-electron chi connectivity index (χ4n) is 2.51. The Hall–Kier alpha value is -1.42. The van der Waals surface area contributed by atoms with Crippen molar-refractivity contribution in [1.29, 1.82) is 0 Å². The molecule has 2 N–H and O–H groups in total. The lowest BCUT2D eigenvalue weighted by Gasteiger charge is -2.26. The van der Waals surface area contributed by atoms with Gasteiger partial charge in [0.05, 0.1) is 0 Å². The topological polar surface area (TPSA) is 49.3 Å². The summed E-state index contributed by atoms with van der Waals surface area (Å²) in [5, 5.41) is 12.3. The van der Waals surface area contributed by atoms with Crippen LogP contribution >= 0.6 is 0 Å². The van der Waals surface area contributed by atoms with Crippen molar-refractivity contribution >= 4 is 5.97 Å². The van der Waals surface area contributed by atoms with E-state index < -0.39 is 17.8 Å². The summed E-state index contributed by atoms with van der Waals surface area (Å²) in [5.41, 5.74) is 0.218. The molecule has 0 amide bonds. The van der Waals surface area contributed by atoms with Gasteiger partial charge in [-0.2, -0.15) is 0 Å². The number of hydrogen-bond donors (Lipinski definition) is 2. The molecule has 0 saturated heterocycles. The molecule has 2 rings (SSSR count). The summed E-state index contributed by atoms with van der Waals surface area (Å²) in [6, 6.07) is 5.29. The molecular weight excluding hydrogens is 233 g/mol. The minimum absolute atomic E-state index is 0.180. The number of carboxylic acid groups (broad SMARTS) is 1. The Morgan fingerprint density at radius 3 is 2.56 bits per heavy atom. The number of rotatable bonds is 4. The maximum absolute atomic E-state index is 13.7. The molecule has 0 spiro atoms. The van der Waals surface area contributed by atoms with E-state index in [1.807, 2.05) is 0 Å². The summed E-state index contributed by atoms with van der Waals surface area (Å²) in [6.45, 7) is 0. The number of halogens is 1. The van der Waals surface area contributed by atoms with Crippen LogP contribution in [-0.4, -0.2) is 17.1 Å². The van der Waals surface area contributed by atoms with Gasteiger partial charge in [0.25, 0.3) is 0 Å². The lowest BCUT2D eigenvalue weighted by atomic mass is 9.94. The van der Waals surface area contributed by atoms with Crippen molar-refractivity contribution in [1.82, 2.24) is 5.32 Å². The van der Waals surface area contributed by atoms with Crippen molar-refractivity contribution in [3.63, 3.8) is 0 Å². The molecule has 0 heterocycles. The average molecular weight is 251 g/mol. The second-order valence-corrected chi connectivity index (χ2v) is 4.79. The van der Waals surface area contributed by atoms with Gasteiger partial charge in [-0.05, 0) is 18.9 Å². The molecule has 1 aromatic carbocycles. The van der Waals surface area contributed by atoms with Gasteiger partial charge < -0.3 is 5.11 Å². The first kappa shape index (κ1) is 13.0.